The highest BCUT2D eigenvalue weighted by atomic mass is 16.1. The van der Waals surface area contributed by atoms with E-state index in [1.54, 1.807) is 0 Å². The van der Waals surface area contributed by atoms with Gasteiger partial charge in [-0.05, 0) is 50.0 Å². The Morgan fingerprint density at radius 3 is 1.23 bits per heavy atom. The van der Waals surface area contributed by atoms with Gasteiger partial charge >= 0.3 is 0 Å². The molecule has 0 amide bonds. The highest BCUT2D eigenvalue weighted by Crippen LogP contribution is 2.24. The third kappa shape index (κ3) is 3.43. The van der Waals surface area contributed by atoms with E-state index in [2.05, 4.69) is 0 Å². The molecule has 0 heterocycles. The molecule has 0 aliphatic carbocycles. The first-order chi connectivity index (χ1) is 10.5. The molecular weight excluding hydrogens is 268 g/mol. The molecule has 1 nitrogen and oxygen atoms in total. The van der Waals surface area contributed by atoms with Crippen LogP contribution in [0.3, 0.4) is 0 Å². The maximum atomic E-state index is 12.8. The molecule has 22 heavy (non-hydrogen) atoms. The van der Waals surface area contributed by atoms with Crippen molar-refractivity contribution in [3.63, 3.8) is 0 Å². The van der Waals surface area contributed by atoms with Crippen LogP contribution in [0.15, 0.2) is 71.8 Å². The van der Waals surface area contributed by atoms with Gasteiger partial charge in [-0.25, -0.2) is 0 Å². The first-order valence-corrected chi connectivity index (χ1v) is 7.53. The fourth-order valence-electron chi connectivity index (χ4n) is 2.43. The molecule has 0 fully saturated rings. The number of allylic oxidation sites excluding steroid dienone is 4. The molecule has 0 saturated carbocycles. The van der Waals surface area contributed by atoms with Gasteiger partial charge in [0.2, 0.25) is 0 Å². The lowest BCUT2D eigenvalue weighted by Crippen LogP contribution is -2.05. The summed E-state index contributed by atoms with van der Waals surface area (Å²) in [4.78, 5) is 12.8. The molecule has 0 atom stereocenters. The lowest BCUT2D eigenvalue weighted by atomic mass is 9.93. The van der Waals surface area contributed by atoms with Crippen LogP contribution in [-0.2, 0) is 4.79 Å². The Balaban J connectivity index is 2.39. The van der Waals surface area contributed by atoms with Crippen LogP contribution in [0.5, 0.6) is 0 Å². The summed E-state index contributed by atoms with van der Waals surface area (Å²) in [6.07, 6.45) is 0. The summed E-state index contributed by atoms with van der Waals surface area (Å²) >= 11 is 0. The molecule has 2 aromatic rings. The van der Waals surface area contributed by atoms with Gasteiger partial charge in [-0.2, -0.15) is 0 Å². The van der Waals surface area contributed by atoms with Gasteiger partial charge in [0.15, 0.2) is 5.78 Å². The molecular formula is C21H22O. The molecule has 0 bridgehead atoms. The van der Waals surface area contributed by atoms with Crippen molar-refractivity contribution in [1.82, 2.24) is 0 Å². The summed E-state index contributed by atoms with van der Waals surface area (Å²) in [6, 6.07) is 20.1. The Morgan fingerprint density at radius 2 is 0.909 bits per heavy atom. The van der Waals surface area contributed by atoms with Gasteiger partial charge in [0, 0.05) is 11.1 Å². The maximum absolute atomic E-state index is 12.8. The van der Waals surface area contributed by atoms with E-state index in [0.29, 0.717) is 0 Å². The number of hydrogen-bond acceptors (Lipinski definition) is 1. The summed E-state index contributed by atoms with van der Waals surface area (Å²) < 4.78 is 0. The van der Waals surface area contributed by atoms with Crippen molar-refractivity contribution in [2.24, 2.45) is 0 Å². The van der Waals surface area contributed by atoms with E-state index in [9.17, 15) is 4.79 Å². The summed E-state index contributed by atoms with van der Waals surface area (Å²) in [5.74, 6) is 0.114. The number of Topliss-reactive ketones (excluding diaryl/α,β-unsaturated/α-hetero) is 1. The van der Waals surface area contributed by atoms with Crippen molar-refractivity contribution in [2.45, 2.75) is 27.7 Å². The average molecular weight is 290 g/mol. The molecule has 0 aromatic heterocycles. The van der Waals surface area contributed by atoms with Gasteiger partial charge in [-0.3, -0.25) is 4.79 Å². The summed E-state index contributed by atoms with van der Waals surface area (Å²) in [5.41, 5.74) is 5.87. The number of ketones is 1. The molecule has 0 radical (unpaired) electrons. The fraction of sp³-hybridized carbons (Fsp3) is 0.190. The van der Waals surface area contributed by atoms with Crippen molar-refractivity contribution in [3.05, 3.63) is 82.9 Å². The van der Waals surface area contributed by atoms with Gasteiger partial charge < -0.3 is 0 Å². The Bertz CT molecular complexity index is 656. The zero-order valence-electron chi connectivity index (χ0n) is 13.7. The Morgan fingerprint density at radius 1 is 0.591 bits per heavy atom. The van der Waals surface area contributed by atoms with Gasteiger partial charge in [0.1, 0.15) is 0 Å². The van der Waals surface area contributed by atoms with Crippen LogP contribution < -0.4 is 0 Å². The first-order valence-electron chi connectivity index (χ1n) is 7.53. The van der Waals surface area contributed by atoms with E-state index >= 15 is 0 Å². The van der Waals surface area contributed by atoms with Gasteiger partial charge in [-0.1, -0.05) is 60.7 Å². The van der Waals surface area contributed by atoms with Crippen LogP contribution in [0.25, 0.3) is 11.1 Å². The van der Waals surface area contributed by atoms with Gasteiger partial charge in [-0.15, -0.1) is 0 Å². The molecule has 1 heteroatoms. The SMILES string of the molecule is CC(C(=O)C(C)=C(C)c1ccccc1)=C(C)c1ccccc1. The van der Waals surface area contributed by atoms with Crippen molar-refractivity contribution < 1.29 is 4.79 Å². The van der Waals surface area contributed by atoms with Crippen LogP contribution in [0, 0.1) is 0 Å². The number of carbonyl (C=O) groups is 1. The largest absolute Gasteiger partial charge is 0.289 e. The molecule has 0 aliphatic rings. The Hall–Kier alpha value is -2.41. The predicted octanol–water partition coefficient (Wildman–Crippen LogP) is 5.54. The second-order valence-electron chi connectivity index (χ2n) is 5.56. The molecule has 0 aliphatic heterocycles. The zero-order valence-corrected chi connectivity index (χ0v) is 13.7. The van der Waals surface area contributed by atoms with Crippen molar-refractivity contribution in [1.29, 1.82) is 0 Å². The fourth-order valence-corrected chi connectivity index (χ4v) is 2.43. The number of rotatable bonds is 4. The second kappa shape index (κ2) is 7.04. The summed E-state index contributed by atoms with van der Waals surface area (Å²) in [5, 5.41) is 0. The normalized spacial score (nSPS) is 13.3. The van der Waals surface area contributed by atoms with Gasteiger partial charge in [0.05, 0.1) is 0 Å². The van der Waals surface area contributed by atoms with Crippen LogP contribution in [-0.4, -0.2) is 5.78 Å². The molecule has 0 saturated heterocycles. The minimum atomic E-state index is 0.114. The lowest BCUT2D eigenvalue weighted by molar-refractivity contribution is -0.112. The third-order valence-electron chi connectivity index (χ3n) is 4.22. The van der Waals surface area contributed by atoms with E-state index in [4.69, 9.17) is 0 Å². The molecule has 112 valence electrons. The number of carbonyl (C=O) groups excluding carboxylic acids is 1. The lowest BCUT2D eigenvalue weighted by Gasteiger charge is -2.11. The van der Waals surface area contributed by atoms with E-state index in [-0.39, 0.29) is 5.78 Å². The molecule has 0 unspecified atom stereocenters. The first kappa shape index (κ1) is 16.0. The standard InChI is InChI=1S/C21H22O/c1-15(19-11-7-5-8-12-19)17(3)21(22)18(4)16(2)20-13-9-6-10-14-20/h5-14H,1-4H3. The number of benzene rings is 2. The predicted molar refractivity (Wildman–Crippen MR) is 94.4 cm³/mol. The van der Waals surface area contributed by atoms with Crippen LogP contribution in [0.2, 0.25) is 0 Å². The monoisotopic (exact) mass is 290 g/mol. The highest BCUT2D eigenvalue weighted by molar-refractivity contribution is 6.15. The second-order valence-corrected chi connectivity index (χ2v) is 5.56. The average Bonchev–Trinajstić information content (AvgIpc) is 2.60. The van der Waals surface area contributed by atoms with Crippen LogP contribution >= 0.6 is 0 Å². The molecule has 2 rings (SSSR count). The summed E-state index contributed by atoms with van der Waals surface area (Å²) in [7, 11) is 0. The van der Waals surface area contributed by atoms with Crippen molar-refractivity contribution in [3.8, 4) is 0 Å². The Labute approximate surface area is 133 Å². The molecule has 0 spiro atoms. The van der Waals surface area contributed by atoms with E-state index in [1.807, 2.05) is 88.4 Å². The minimum absolute atomic E-state index is 0.114. The highest BCUT2D eigenvalue weighted by Gasteiger charge is 2.14. The topological polar surface area (TPSA) is 17.1 Å². The minimum Gasteiger partial charge on any atom is -0.289 e. The Kier molecular flexibility index (Phi) is 5.11. The van der Waals surface area contributed by atoms with Crippen molar-refractivity contribution in [2.75, 3.05) is 0 Å². The molecule has 0 N–H and O–H groups in total. The van der Waals surface area contributed by atoms with E-state index in [1.165, 1.54) is 0 Å². The van der Waals surface area contributed by atoms with Crippen molar-refractivity contribution >= 4 is 16.9 Å². The third-order valence-corrected chi connectivity index (χ3v) is 4.22. The number of hydrogen-bond donors (Lipinski definition) is 0. The van der Waals surface area contributed by atoms with Gasteiger partial charge in [0.25, 0.3) is 0 Å². The smallest absolute Gasteiger partial charge is 0.184 e. The zero-order chi connectivity index (χ0) is 16.1. The van der Waals surface area contributed by atoms with Crippen LogP contribution in [0.4, 0.5) is 0 Å². The summed E-state index contributed by atoms with van der Waals surface area (Å²) in [6.45, 7) is 7.83. The van der Waals surface area contributed by atoms with Crippen LogP contribution in [0.1, 0.15) is 38.8 Å². The maximum Gasteiger partial charge on any atom is 0.184 e. The van der Waals surface area contributed by atoms with E-state index in [0.717, 1.165) is 33.4 Å². The van der Waals surface area contributed by atoms with E-state index < -0.39 is 0 Å². The molecule has 2 aromatic carbocycles. The quantitative estimate of drug-likeness (QED) is 0.675.